The van der Waals surface area contributed by atoms with Crippen molar-refractivity contribution in [2.75, 3.05) is 6.54 Å². The molecule has 0 aromatic rings. The molecule has 0 radical (unpaired) electrons. The Morgan fingerprint density at radius 1 is 1.56 bits per heavy atom. The second-order valence-corrected chi connectivity index (χ2v) is 2.06. The predicted molar refractivity (Wildman–Crippen MR) is 35.4 cm³/mol. The highest BCUT2D eigenvalue weighted by atomic mass is 35.5. The van der Waals surface area contributed by atoms with Crippen LogP contribution in [-0.4, -0.2) is 24.1 Å². The van der Waals surface area contributed by atoms with E-state index in [9.17, 15) is 4.39 Å². The summed E-state index contributed by atoms with van der Waals surface area (Å²) in [6.45, 7) is 0.738. The fourth-order valence-electron chi connectivity index (χ4n) is 0.833. The molecule has 0 aliphatic carbocycles. The number of alkyl halides is 1. The summed E-state index contributed by atoms with van der Waals surface area (Å²) in [5.41, 5.74) is 0. The van der Waals surface area contributed by atoms with E-state index in [0.29, 0.717) is 6.42 Å². The Hall–Kier alpha value is 0.140. The largest absolute Gasteiger partial charge is 0.376 e. The van der Waals surface area contributed by atoms with Gasteiger partial charge in [0.15, 0.2) is 0 Å². The Kier molecular flexibility index (Phi) is 4.10. The molecular weight excluding hydrogens is 145 g/mol. The van der Waals surface area contributed by atoms with Gasteiger partial charge in [-0.1, -0.05) is 0 Å². The molecule has 1 saturated heterocycles. The zero-order valence-electron chi connectivity index (χ0n) is 5.01. The van der Waals surface area contributed by atoms with Crippen LogP contribution in [0.25, 0.3) is 0 Å². The molecule has 9 heavy (non-hydrogen) atoms. The third kappa shape index (κ3) is 2.47. The summed E-state index contributed by atoms with van der Waals surface area (Å²) >= 11 is 0. The lowest BCUT2D eigenvalue weighted by molar-refractivity contribution is 0.0266. The number of halogens is 2. The number of rotatable bonds is 0. The van der Waals surface area contributed by atoms with Crippen LogP contribution in [0, 0.1) is 0 Å². The van der Waals surface area contributed by atoms with Gasteiger partial charge >= 0.3 is 0 Å². The first-order chi connectivity index (χ1) is 3.80. The number of aliphatic hydroxyl groups is 1. The monoisotopic (exact) mass is 155 g/mol. The SMILES string of the molecule is Cl.O[C@H]1NCCC[C@H]1F. The predicted octanol–water partition coefficient (Wildman–Crippen LogP) is 0.448. The summed E-state index contributed by atoms with van der Waals surface area (Å²) in [6.07, 6.45) is -0.639. The van der Waals surface area contributed by atoms with E-state index < -0.39 is 12.4 Å². The standard InChI is InChI=1S/C5H10FNO.ClH/c6-4-2-1-3-7-5(4)8;/h4-5,7-8H,1-3H2;1H/t4-,5-;/m1./s1. The lowest BCUT2D eigenvalue weighted by Crippen LogP contribution is -2.42. The van der Waals surface area contributed by atoms with Gasteiger partial charge in [-0.3, -0.25) is 5.32 Å². The van der Waals surface area contributed by atoms with Crippen molar-refractivity contribution in [1.82, 2.24) is 5.32 Å². The molecule has 0 saturated carbocycles. The molecule has 1 aliphatic heterocycles. The van der Waals surface area contributed by atoms with E-state index in [-0.39, 0.29) is 12.4 Å². The van der Waals surface area contributed by atoms with Crippen molar-refractivity contribution in [1.29, 1.82) is 0 Å². The minimum absolute atomic E-state index is 0. The smallest absolute Gasteiger partial charge is 0.139 e. The van der Waals surface area contributed by atoms with Gasteiger partial charge in [0.05, 0.1) is 0 Å². The Labute approximate surface area is 59.9 Å². The third-order valence-corrected chi connectivity index (χ3v) is 1.35. The van der Waals surface area contributed by atoms with E-state index in [1.807, 2.05) is 0 Å². The summed E-state index contributed by atoms with van der Waals surface area (Å²) in [5.74, 6) is 0. The first kappa shape index (κ1) is 9.14. The van der Waals surface area contributed by atoms with Crippen LogP contribution in [0.5, 0.6) is 0 Å². The van der Waals surface area contributed by atoms with Crippen molar-refractivity contribution in [2.24, 2.45) is 0 Å². The Bertz CT molecular complexity index is 73.4. The number of hydrogen-bond donors (Lipinski definition) is 2. The maximum atomic E-state index is 12.3. The van der Waals surface area contributed by atoms with E-state index in [0.717, 1.165) is 13.0 Å². The number of aliphatic hydroxyl groups excluding tert-OH is 1. The van der Waals surface area contributed by atoms with E-state index in [2.05, 4.69) is 5.32 Å². The highest BCUT2D eigenvalue weighted by Crippen LogP contribution is 2.09. The average Bonchev–Trinajstić information content (AvgIpc) is 1.77. The minimum Gasteiger partial charge on any atom is -0.376 e. The molecule has 4 heteroatoms. The van der Waals surface area contributed by atoms with E-state index in [1.54, 1.807) is 0 Å². The molecule has 0 spiro atoms. The Morgan fingerprint density at radius 3 is 2.56 bits per heavy atom. The van der Waals surface area contributed by atoms with Crippen LogP contribution in [0.4, 0.5) is 4.39 Å². The molecule has 56 valence electrons. The number of piperidine rings is 1. The van der Waals surface area contributed by atoms with E-state index in [4.69, 9.17) is 5.11 Å². The lowest BCUT2D eigenvalue weighted by Gasteiger charge is -2.21. The van der Waals surface area contributed by atoms with Crippen LogP contribution in [0.15, 0.2) is 0 Å². The molecule has 2 atom stereocenters. The summed E-state index contributed by atoms with van der Waals surface area (Å²) < 4.78 is 12.3. The molecule has 2 N–H and O–H groups in total. The molecule has 0 unspecified atom stereocenters. The Morgan fingerprint density at radius 2 is 2.22 bits per heavy atom. The lowest BCUT2D eigenvalue weighted by atomic mass is 10.1. The molecule has 1 aliphatic rings. The van der Waals surface area contributed by atoms with Crippen molar-refractivity contribution in [3.63, 3.8) is 0 Å². The summed E-state index contributed by atoms with van der Waals surface area (Å²) in [7, 11) is 0. The quantitative estimate of drug-likeness (QED) is 0.533. The second kappa shape index (κ2) is 4.04. The zero-order valence-corrected chi connectivity index (χ0v) is 5.83. The van der Waals surface area contributed by atoms with Gasteiger partial charge in [0, 0.05) is 0 Å². The van der Waals surface area contributed by atoms with Gasteiger partial charge in [0.2, 0.25) is 0 Å². The van der Waals surface area contributed by atoms with Gasteiger partial charge in [-0.25, -0.2) is 4.39 Å². The summed E-state index contributed by atoms with van der Waals surface area (Å²) in [5, 5.41) is 11.3. The van der Waals surface area contributed by atoms with E-state index in [1.165, 1.54) is 0 Å². The second-order valence-electron chi connectivity index (χ2n) is 2.06. The third-order valence-electron chi connectivity index (χ3n) is 1.35. The minimum atomic E-state index is -1.05. The molecule has 0 aromatic heterocycles. The number of nitrogens with one attached hydrogen (secondary N) is 1. The molecule has 0 aromatic carbocycles. The first-order valence-corrected chi connectivity index (χ1v) is 2.86. The van der Waals surface area contributed by atoms with Crippen LogP contribution in [0.1, 0.15) is 12.8 Å². The normalized spacial score (nSPS) is 35.3. The van der Waals surface area contributed by atoms with Gasteiger partial charge in [-0.05, 0) is 19.4 Å². The zero-order chi connectivity index (χ0) is 5.98. The highest BCUT2D eigenvalue weighted by Gasteiger charge is 2.20. The highest BCUT2D eigenvalue weighted by molar-refractivity contribution is 5.85. The molecule has 1 rings (SSSR count). The maximum absolute atomic E-state index is 12.3. The van der Waals surface area contributed by atoms with Crippen LogP contribution >= 0.6 is 12.4 Å². The maximum Gasteiger partial charge on any atom is 0.139 e. The van der Waals surface area contributed by atoms with Gasteiger partial charge in [-0.15, -0.1) is 12.4 Å². The molecule has 0 bridgehead atoms. The van der Waals surface area contributed by atoms with Crippen molar-refractivity contribution in [2.45, 2.75) is 25.2 Å². The fourth-order valence-corrected chi connectivity index (χ4v) is 0.833. The van der Waals surface area contributed by atoms with Crippen molar-refractivity contribution in [3.8, 4) is 0 Å². The van der Waals surface area contributed by atoms with Crippen LogP contribution in [0.2, 0.25) is 0 Å². The Balaban J connectivity index is 0.000000640. The van der Waals surface area contributed by atoms with Gasteiger partial charge in [-0.2, -0.15) is 0 Å². The van der Waals surface area contributed by atoms with Crippen molar-refractivity contribution in [3.05, 3.63) is 0 Å². The molecule has 1 heterocycles. The van der Waals surface area contributed by atoms with Crippen molar-refractivity contribution >= 4 is 12.4 Å². The van der Waals surface area contributed by atoms with Crippen LogP contribution < -0.4 is 5.32 Å². The van der Waals surface area contributed by atoms with Gasteiger partial charge in [0.25, 0.3) is 0 Å². The van der Waals surface area contributed by atoms with Gasteiger partial charge in [0.1, 0.15) is 12.4 Å². The molecule has 2 nitrogen and oxygen atoms in total. The summed E-state index contributed by atoms with van der Waals surface area (Å²) in [6, 6.07) is 0. The fraction of sp³-hybridized carbons (Fsp3) is 1.00. The van der Waals surface area contributed by atoms with Crippen LogP contribution in [-0.2, 0) is 0 Å². The summed E-state index contributed by atoms with van der Waals surface area (Å²) in [4.78, 5) is 0. The topological polar surface area (TPSA) is 32.3 Å². The van der Waals surface area contributed by atoms with Crippen molar-refractivity contribution < 1.29 is 9.50 Å². The van der Waals surface area contributed by atoms with E-state index >= 15 is 0 Å². The molecular formula is C5H11ClFNO. The molecule has 0 amide bonds. The van der Waals surface area contributed by atoms with Gasteiger partial charge < -0.3 is 5.11 Å². The number of hydrogen-bond acceptors (Lipinski definition) is 2. The first-order valence-electron chi connectivity index (χ1n) is 2.86. The average molecular weight is 156 g/mol. The molecule has 1 fully saturated rings. The van der Waals surface area contributed by atoms with Crippen LogP contribution in [0.3, 0.4) is 0 Å².